The zero-order valence-corrected chi connectivity index (χ0v) is 17.0. The molecule has 0 aliphatic carbocycles. The van der Waals surface area contributed by atoms with Gasteiger partial charge in [-0.25, -0.2) is 4.68 Å². The fourth-order valence-corrected chi connectivity index (χ4v) is 3.31. The summed E-state index contributed by atoms with van der Waals surface area (Å²) in [6, 6.07) is 18.7. The van der Waals surface area contributed by atoms with Crippen LogP contribution in [0.15, 0.2) is 60.7 Å². The monoisotopic (exact) mass is 402 g/mol. The van der Waals surface area contributed by atoms with Gasteiger partial charge in [0.25, 0.3) is 5.91 Å². The van der Waals surface area contributed by atoms with Gasteiger partial charge in [0.15, 0.2) is 12.3 Å². The Morgan fingerprint density at radius 2 is 1.80 bits per heavy atom. The Hall–Kier alpha value is -3.87. The third kappa shape index (κ3) is 3.96. The molecule has 0 atom stereocenters. The van der Waals surface area contributed by atoms with Gasteiger partial charge in [-0.3, -0.25) is 4.79 Å². The van der Waals surface area contributed by atoms with E-state index in [2.05, 4.69) is 15.4 Å². The molecule has 30 heavy (non-hydrogen) atoms. The van der Waals surface area contributed by atoms with E-state index in [9.17, 15) is 4.79 Å². The molecule has 4 aromatic rings. The van der Waals surface area contributed by atoms with E-state index in [0.717, 1.165) is 28.1 Å². The molecule has 0 fully saturated rings. The highest BCUT2D eigenvalue weighted by atomic mass is 16.5. The number of pyridine rings is 1. The molecular formula is C23H22N4O3. The summed E-state index contributed by atoms with van der Waals surface area (Å²) < 4.78 is 12.6. The van der Waals surface area contributed by atoms with Crippen LogP contribution in [0, 0.1) is 13.8 Å². The van der Waals surface area contributed by atoms with E-state index in [1.54, 1.807) is 36.1 Å². The number of fused-ring (bicyclic) bond motifs is 1. The van der Waals surface area contributed by atoms with Gasteiger partial charge >= 0.3 is 0 Å². The van der Waals surface area contributed by atoms with Crippen LogP contribution in [-0.4, -0.2) is 34.4 Å². The molecule has 1 N–H and O–H groups in total. The zero-order valence-electron chi connectivity index (χ0n) is 17.0. The van der Waals surface area contributed by atoms with Crippen molar-refractivity contribution in [1.29, 1.82) is 0 Å². The topological polar surface area (TPSA) is 78.3 Å². The highest BCUT2D eigenvalue weighted by Crippen LogP contribution is 2.26. The predicted octanol–water partition coefficient (Wildman–Crippen LogP) is 4.06. The number of hydrogen-bond donors (Lipinski definition) is 1. The van der Waals surface area contributed by atoms with Gasteiger partial charge in [0.1, 0.15) is 5.75 Å². The van der Waals surface area contributed by atoms with Crippen LogP contribution >= 0.6 is 0 Å². The molecule has 0 bridgehead atoms. The van der Waals surface area contributed by atoms with Crippen molar-refractivity contribution in [2.45, 2.75) is 13.8 Å². The maximum atomic E-state index is 12.3. The number of hydrogen-bond acceptors (Lipinski definition) is 5. The second kappa shape index (κ2) is 8.24. The number of rotatable bonds is 6. The summed E-state index contributed by atoms with van der Waals surface area (Å²) in [7, 11) is 1.60. The predicted molar refractivity (Wildman–Crippen MR) is 115 cm³/mol. The lowest BCUT2D eigenvalue weighted by Gasteiger charge is -2.09. The van der Waals surface area contributed by atoms with Gasteiger partial charge in [-0.15, -0.1) is 0 Å². The number of aromatic nitrogens is 3. The highest BCUT2D eigenvalue weighted by molar-refractivity contribution is 5.92. The van der Waals surface area contributed by atoms with Gasteiger partial charge in [-0.05, 0) is 55.8 Å². The van der Waals surface area contributed by atoms with Crippen molar-refractivity contribution in [3.8, 4) is 17.3 Å². The summed E-state index contributed by atoms with van der Waals surface area (Å²) in [6.07, 6.45) is 0. The molecule has 2 aromatic carbocycles. The molecular weight excluding hydrogens is 380 g/mol. The summed E-state index contributed by atoms with van der Waals surface area (Å²) in [5, 5.41) is 8.41. The Balaban J connectivity index is 1.53. The van der Waals surface area contributed by atoms with Crippen LogP contribution in [0.5, 0.6) is 11.6 Å². The van der Waals surface area contributed by atoms with Crippen LogP contribution in [0.25, 0.3) is 16.7 Å². The smallest absolute Gasteiger partial charge is 0.262 e. The number of carbonyl (C=O) groups excluding carboxylic acids is 1. The number of anilines is 1. The van der Waals surface area contributed by atoms with Gasteiger partial charge in [0, 0.05) is 17.1 Å². The molecule has 0 aliphatic heterocycles. The Labute approximate surface area is 174 Å². The number of benzene rings is 2. The highest BCUT2D eigenvalue weighted by Gasteiger charge is 2.15. The van der Waals surface area contributed by atoms with Gasteiger partial charge in [0.05, 0.1) is 18.5 Å². The van der Waals surface area contributed by atoms with Crippen molar-refractivity contribution >= 4 is 22.6 Å². The van der Waals surface area contributed by atoms with E-state index in [-0.39, 0.29) is 12.5 Å². The molecule has 0 radical (unpaired) electrons. The van der Waals surface area contributed by atoms with Crippen LogP contribution in [0.4, 0.5) is 5.69 Å². The fraction of sp³-hybridized carbons (Fsp3) is 0.174. The van der Waals surface area contributed by atoms with Crippen LogP contribution in [0.2, 0.25) is 0 Å². The quantitative estimate of drug-likeness (QED) is 0.526. The molecule has 0 saturated heterocycles. The minimum atomic E-state index is -0.271. The van der Waals surface area contributed by atoms with E-state index in [0.29, 0.717) is 17.2 Å². The number of nitrogens with one attached hydrogen (secondary N) is 1. The maximum Gasteiger partial charge on any atom is 0.262 e. The molecule has 4 rings (SSSR count). The Morgan fingerprint density at radius 3 is 2.50 bits per heavy atom. The van der Waals surface area contributed by atoms with Gasteiger partial charge < -0.3 is 14.8 Å². The Morgan fingerprint density at radius 1 is 1.07 bits per heavy atom. The normalized spacial score (nSPS) is 10.8. The summed E-state index contributed by atoms with van der Waals surface area (Å²) in [4.78, 5) is 16.9. The molecule has 152 valence electrons. The lowest BCUT2D eigenvalue weighted by Crippen LogP contribution is -2.20. The first-order chi connectivity index (χ1) is 14.5. The SMILES string of the molecule is COc1ccc(NC(=O)COc2cc(C)c3c(C)nn(-c4ccccc4)c3n2)cc1. The largest absolute Gasteiger partial charge is 0.497 e. The van der Waals surface area contributed by atoms with Crippen molar-refractivity contribution in [3.05, 3.63) is 71.9 Å². The van der Waals surface area contributed by atoms with E-state index in [4.69, 9.17) is 9.47 Å². The first-order valence-corrected chi connectivity index (χ1v) is 9.54. The summed E-state index contributed by atoms with van der Waals surface area (Å²) >= 11 is 0. The molecule has 0 spiro atoms. The molecule has 7 nitrogen and oxygen atoms in total. The minimum Gasteiger partial charge on any atom is -0.497 e. The molecule has 7 heteroatoms. The van der Waals surface area contributed by atoms with Crippen molar-refractivity contribution in [3.63, 3.8) is 0 Å². The number of carbonyl (C=O) groups is 1. The lowest BCUT2D eigenvalue weighted by atomic mass is 10.2. The number of nitrogens with zero attached hydrogens (tertiary/aromatic N) is 3. The molecule has 2 aromatic heterocycles. The van der Waals surface area contributed by atoms with E-state index in [1.807, 2.05) is 50.2 Å². The van der Waals surface area contributed by atoms with Crippen molar-refractivity contribution in [2.75, 3.05) is 19.0 Å². The number of ether oxygens (including phenoxy) is 2. The number of amides is 1. The summed E-state index contributed by atoms with van der Waals surface area (Å²) in [5.74, 6) is 0.831. The zero-order chi connectivity index (χ0) is 21.1. The lowest BCUT2D eigenvalue weighted by molar-refractivity contribution is -0.118. The van der Waals surface area contributed by atoms with E-state index < -0.39 is 0 Å². The van der Waals surface area contributed by atoms with Crippen LogP contribution < -0.4 is 14.8 Å². The molecule has 2 heterocycles. The number of para-hydroxylation sites is 1. The van der Waals surface area contributed by atoms with Crippen LogP contribution in [0.1, 0.15) is 11.3 Å². The molecule has 0 aliphatic rings. The van der Waals surface area contributed by atoms with Crippen LogP contribution in [-0.2, 0) is 4.79 Å². The van der Waals surface area contributed by atoms with E-state index in [1.165, 1.54) is 0 Å². The number of methoxy groups -OCH3 is 1. The van der Waals surface area contributed by atoms with Gasteiger partial charge in [-0.2, -0.15) is 10.1 Å². The Bertz CT molecular complexity index is 1180. The first kappa shape index (κ1) is 19.4. The summed E-state index contributed by atoms with van der Waals surface area (Å²) in [5.41, 5.74) is 4.16. The third-order valence-corrected chi connectivity index (χ3v) is 4.71. The Kier molecular flexibility index (Phi) is 5.34. The second-order valence-electron chi connectivity index (χ2n) is 6.87. The van der Waals surface area contributed by atoms with Crippen molar-refractivity contribution in [1.82, 2.24) is 14.8 Å². The number of aryl methyl sites for hydroxylation is 2. The second-order valence-corrected chi connectivity index (χ2v) is 6.87. The van der Waals surface area contributed by atoms with Crippen LogP contribution in [0.3, 0.4) is 0 Å². The molecule has 1 amide bonds. The van der Waals surface area contributed by atoms with Gasteiger partial charge in [-0.1, -0.05) is 18.2 Å². The molecule has 0 unspecified atom stereocenters. The minimum absolute atomic E-state index is 0.150. The fourth-order valence-electron chi connectivity index (χ4n) is 3.31. The third-order valence-electron chi connectivity index (χ3n) is 4.71. The van der Waals surface area contributed by atoms with Gasteiger partial charge in [0.2, 0.25) is 5.88 Å². The standard InChI is InChI=1S/C23H22N4O3/c1-15-13-21(30-14-20(28)24-17-9-11-19(29-3)12-10-17)25-23-22(15)16(2)26-27(23)18-7-5-4-6-8-18/h4-13H,14H2,1-3H3,(H,24,28). The van der Waals surface area contributed by atoms with Crippen molar-refractivity contribution in [2.24, 2.45) is 0 Å². The van der Waals surface area contributed by atoms with Crippen molar-refractivity contribution < 1.29 is 14.3 Å². The first-order valence-electron chi connectivity index (χ1n) is 9.54. The molecule has 0 saturated carbocycles. The maximum absolute atomic E-state index is 12.3. The van der Waals surface area contributed by atoms with E-state index >= 15 is 0 Å². The summed E-state index contributed by atoms with van der Waals surface area (Å²) in [6.45, 7) is 3.79. The average molecular weight is 402 g/mol. The average Bonchev–Trinajstić information content (AvgIpc) is 3.10.